The predicted octanol–water partition coefficient (Wildman–Crippen LogP) is 1.15. The lowest BCUT2D eigenvalue weighted by Gasteiger charge is -2.26. The van der Waals surface area contributed by atoms with Gasteiger partial charge in [-0.15, -0.1) is 0 Å². The second-order valence-corrected chi connectivity index (χ2v) is 5.88. The van der Waals surface area contributed by atoms with E-state index in [1.54, 1.807) is 0 Å². The molecule has 0 amide bonds. The minimum Gasteiger partial charge on any atom is -0.266 e. The van der Waals surface area contributed by atoms with Crippen molar-refractivity contribution in [3.05, 3.63) is 0 Å². The highest BCUT2D eigenvalue weighted by Gasteiger charge is 2.48. The third-order valence-electron chi connectivity index (χ3n) is 3.11. The van der Waals surface area contributed by atoms with Gasteiger partial charge in [-0.3, -0.25) is 4.18 Å². The Bertz CT molecular complexity index is 283. The van der Waals surface area contributed by atoms with Crippen molar-refractivity contribution < 1.29 is 12.6 Å². The monoisotopic (exact) mass is 190 g/mol. The molecule has 2 rings (SSSR count). The fourth-order valence-electron chi connectivity index (χ4n) is 2.36. The van der Waals surface area contributed by atoms with Gasteiger partial charge in [0.1, 0.15) is 0 Å². The zero-order valence-electron chi connectivity index (χ0n) is 7.36. The van der Waals surface area contributed by atoms with Crippen LogP contribution in [0.1, 0.15) is 26.7 Å². The predicted molar refractivity (Wildman–Crippen MR) is 45.1 cm³/mol. The summed E-state index contributed by atoms with van der Waals surface area (Å²) in [6, 6.07) is 0. The Kier molecular flexibility index (Phi) is 1.74. The average Bonchev–Trinajstić information content (AvgIpc) is 2.20. The molecule has 0 N–H and O–H groups in total. The zero-order chi connectivity index (χ0) is 8.93. The van der Waals surface area contributed by atoms with Gasteiger partial charge in [-0.1, -0.05) is 13.8 Å². The van der Waals surface area contributed by atoms with Crippen molar-refractivity contribution in [3.8, 4) is 0 Å². The van der Waals surface area contributed by atoms with E-state index in [9.17, 15) is 8.42 Å². The molecule has 0 radical (unpaired) electrons. The van der Waals surface area contributed by atoms with Gasteiger partial charge in [-0.25, -0.2) is 0 Å². The van der Waals surface area contributed by atoms with Gasteiger partial charge >= 0.3 is 0 Å². The van der Waals surface area contributed by atoms with Crippen LogP contribution in [0.25, 0.3) is 0 Å². The van der Waals surface area contributed by atoms with Crippen molar-refractivity contribution >= 4 is 10.1 Å². The summed E-state index contributed by atoms with van der Waals surface area (Å²) in [5.74, 6) is 0.664. The first kappa shape index (κ1) is 8.51. The highest BCUT2D eigenvalue weighted by Crippen LogP contribution is 2.41. The Hall–Kier alpha value is -0.0900. The summed E-state index contributed by atoms with van der Waals surface area (Å²) >= 11 is 0. The molecule has 12 heavy (non-hydrogen) atoms. The molecule has 1 aliphatic heterocycles. The first-order valence-corrected chi connectivity index (χ1v) is 5.90. The van der Waals surface area contributed by atoms with Crippen LogP contribution in [-0.2, 0) is 14.3 Å². The molecule has 0 spiro atoms. The van der Waals surface area contributed by atoms with Crippen molar-refractivity contribution in [1.82, 2.24) is 0 Å². The Morgan fingerprint density at radius 1 is 1.17 bits per heavy atom. The largest absolute Gasteiger partial charge is 0.270 e. The molecule has 1 saturated carbocycles. The lowest BCUT2D eigenvalue weighted by molar-refractivity contribution is 0.133. The van der Waals surface area contributed by atoms with E-state index in [4.69, 9.17) is 4.18 Å². The van der Waals surface area contributed by atoms with Crippen LogP contribution in [0.5, 0.6) is 0 Å². The van der Waals surface area contributed by atoms with E-state index in [0.717, 1.165) is 6.42 Å². The molecule has 0 aromatic rings. The SMILES string of the molecule is C[C@@H]1C[C@H](C)C2CC1OS2(=O)=O. The third-order valence-corrected chi connectivity index (χ3v) is 5.02. The molecule has 2 bridgehead atoms. The van der Waals surface area contributed by atoms with Crippen LogP contribution in [0.2, 0.25) is 0 Å². The molecule has 0 aromatic carbocycles. The number of hydrogen-bond donors (Lipinski definition) is 0. The van der Waals surface area contributed by atoms with Crippen molar-refractivity contribution in [2.75, 3.05) is 0 Å². The molecule has 1 heterocycles. The van der Waals surface area contributed by atoms with Crippen LogP contribution in [0.3, 0.4) is 0 Å². The lowest BCUT2D eigenvalue weighted by atomic mass is 9.81. The topological polar surface area (TPSA) is 43.4 Å². The third kappa shape index (κ3) is 1.09. The summed E-state index contributed by atoms with van der Waals surface area (Å²) in [6.07, 6.45) is 1.66. The van der Waals surface area contributed by atoms with Gasteiger partial charge in [0.2, 0.25) is 0 Å². The minimum absolute atomic E-state index is 0.0313. The van der Waals surface area contributed by atoms with Gasteiger partial charge in [-0.2, -0.15) is 8.42 Å². The molecule has 0 aromatic heterocycles. The highest BCUT2D eigenvalue weighted by molar-refractivity contribution is 7.87. The van der Waals surface area contributed by atoms with Crippen molar-refractivity contribution in [3.63, 3.8) is 0 Å². The number of hydrogen-bond acceptors (Lipinski definition) is 3. The summed E-state index contributed by atoms with van der Waals surface area (Å²) < 4.78 is 27.8. The molecule has 70 valence electrons. The van der Waals surface area contributed by atoms with Gasteiger partial charge < -0.3 is 0 Å². The Labute approximate surface area is 73.2 Å². The zero-order valence-corrected chi connectivity index (χ0v) is 8.17. The van der Waals surface area contributed by atoms with E-state index in [-0.39, 0.29) is 17.3 Å². The molecule has 1 saturated heterocycles. The van der Waals surface area contributed by atoms with Gasteiger partial charge in [0.15, 0.2) is 0 Å². The minimum atomic E-state index is -3.21. The molecule has 2 aliphatic rings. The summed E-state index contributed by atoms with van der Waals surface area (Å²) in [5, 5.41) is -0.223. The average molecular weight is 190 g/mol. The Balaban J connectivity index is 2.34. The first-order valence-electron chi connectivity index (χ1n) is 4.43. The van der Waals surface area contributed by atoms with Crippen molar-refractivity contribution in [2.45, 2.75) is 38.0 Å². The number of rotatable bonds is 0. The van der Waals surface area contributed by atoms with Gasteiger partial charge in [0.25, 0.3) is 10.1 Å². The summed E-state index contributed by atoms with van der Waals surface area (Å²) in [4.78, 5) is 0. The molecule has 2 unspecified atom stereocenters. The Morgan fingerprint density at radius 3 is 2.50 bits per heavy atom. The quantitative estimate of drug-likeness (QED) is 0.538. The Morgan fingerprint density at radius 2 is 1.83 bits per heavy atom. The molecule has 4 atom stereocenters. The van der Waals surface area contributed by atoms with Crippen LogP contribution in [0, 0.1) is 11.8 Å². The maximum atomic E-state index is 11.4. The maximum Gasteiger partial charge on any atom is 0.270 e. The van der Waals surface area contributed by atoms with Gasteiger partial charge in [-0.05, 0) is 24.7 Å². The summed E-state index contributed by atoms with van der Waals surface area (Å²) in [7, 11) is -3.21. The van der Waals surface area contributed by atoms with Crippen LogP contribution < -0.4 is 0 Å². The van der Waals surface area contributed by atoms with Crippen LogP contribution in [0.4, 0.5) is 0 Å². The fraction of sp³-hybridized carbons (Fsp3) is 1.00. The van der Waals surface area contributed by atoms with Gasteiger partial charge in [0.05, 0.1) is 11.4 Å². The smallest absolute Gasteiger partial charge is 0.266 e. The standard InChI is InChI=1S/C8H14O3S/c1-5-3-6(2)8-4-7(5)11-12(8,9)10/h5-8H,3-4H2,1-2H3/t5-,6+,7?,8?/m1/s1. The van der Waals surface area contributed by atoms with E-state index in [2.05, 4.69) is 6.92 Å². The summed E-state index contributed by atoms with van der Waals surface area (Å²) in [6.45, 7) is 4.07. The van der Waals surface area contributed by atoms with Crippen molar-refractivity contribution in [2.24, 2.45) is 11.8 Å². The molecular formula is C8H14O3S. The van der Waals surface area contributed by atoms with E-state index < -0.39 is 10.1 Å². The molecule has 1 aliphatic carbocycles. The maximum absolute atomic E-state index is 11.4. The van der Waals surface area contributed by atoms with Crippen LogP contribution in [-0.4, -0.2) is 19.8 Å². The second-order valence-electron chi connectivity index (χ2n) is 4.09. The van der Waals surface area contributed by atoms with E-state index >= 15 is 0 Å². The summed E-state index contributed by atoms with van der Waals surface area (Å²) in [5.41, 5.74) is 0. The lowest BCUT2D eigenvalue weighted by Crippen LogP contribution is -2.30. The molecule has 3 nitrogen and oxygen atoms in total. The van der Waals surface area contributed by atoms with E-state index in [1.807, 2.05) is 6.92 Å². The van der Waals surface area contributed by atoms with Crippen LogP contribution >= 0.6 is 0 Å². The van der Waals surface area contributed by atoms with Gasteiger partial charge in [0, 0.05) is 0 Å². The molecule has 4 heteroatoms. The molecule has 2 fully saturated rings. The van der Waals surface area contributed by atoms with E-state index in [1.165, 1.54) is 0 Å². The first-order chi connectivity index (χ1) is 5.50. The van der Waals surface area contributed by atoms with Crippen LogP contribution in [0.15, 0.2) is 0 Å². The fourth-order valence-corrected chi connectivity index (χ4v) is 4.22. The number of fused-ring (bicyclic) bond motifs is 2. The van der Waals surface area contributed by atoms with E-state index in [0.29, 0.717) is 12.3 Å². The van der Waals surface area contributed by atoms with Crippen molar-refractivity contribution in [1.29, 1.82) is 0 Å². The molecular weight excluding hydrogens is 176 g/mol. The highest BCUT2D eigenvalue weighted by atomic mass is 32.2. The second kappa shape index (κ2) is 2.45. The normalized spacial score (nSPS) is 50.8.